The van der Waals surface area contributed by atoms with E-state index in [2.05, 4.69) is 10.2 Å². The predicted molar refractivity (Wildman–Crippen MR) is 116 cm³/mol. The molecule has 0 bridgehead atoms. The number of benzene rings is 1. The fourth-order valence-electron chi connectivity index (χ4n) is 4.11. The molecule has 8 nitrogen and oxygen atoms in total. The number of hydrogen-bond acceptors (Lipinski definition) is 5. The van der Waals surface area contributed by atoms with E-state index in [0.29, 0.717) is 36.2 Å². The van der Waals surface area contributed by atoms with Crippen LogP contribution < -0.4 is 10.9 Å². The number of aromatic nitrogens is 2. The van der Waals surface area contributed by atoms with Crippen LogP contribution in [0.3, 0.4) is 0 Å². The Morgan fingerprint density at radius 1 is 1.20 bits per heavy atom. The van der Waals surface area contributed by atoms with Gasteiger partial charge in [0.25, 0.3) is 11.5 Å². The van der Waals surface area contributed by atoms with Gasteiger partial charge in [0.2, 0.25) is 0 Å². The number of para-hydroxylation sites is 1. The summed E-state index contributed by atoms with van der Waals surface area (Å²) < 4.78 is 14.0. The highest BCUT2D eigenvalue weighted by Gasteiger charge is 2.21. The quantitative estimate of drug-likeness (QED) is 0.631. The zero-order chi connectivity index (χ0) is 21.1. The van der Waals surface area contributed by atoms with Crippen molar-refractivity contribution in [2.45, 2.75) is 6.54 Å². The van der Waals surface area contributed by atoms with Gasteiger partial charge in [-0.05, 0) is 6.07 Å². The molecule has 0 unspecified atom stereocenters. The van der Waals surface area contributed by atoms with Crippen molar-refractivity contribution in [1.29, 1.82) is 0 Å². The van der Waals surface area contributed by atoms with E-state index in [1.165, 1.54) is 0 Å². The van der Waals surface area contributed by atoms with E-state index in [4.69, 9.17) is 9.47 Å². The molecule has 0 saturated carbocycles. The van der Waals surface area contributed by atoms with E-state index in [-0.39, 0.29) is 11.5 Å². The zero-order valence-electron chi connectivity index (χ0n) is 17.5. The SMILES string of the molecule is COCCn1cc(C(=O)NCCN2CCOCC2)c2c3ccccc3n(C)c2c1=O. The molecule has 160 valence electrons. The fraction of sp³-hybridized carbons (Fsp3) is 0.455. The third-order valence-corrected chi connectivity index (χ3v) is 5.72. The van der Waals surface area contributed by atoms with Gasteiger partial charge >= 0.3 is 0 Å². The van der Waals surface area contributed by atoms with Gasteiger partial charge in [0.05, 0.1) is 25.4 Å². The van der Waals surface area contributed by atoms with Crippen LogP contribution >= 0.6 is 0 Å². The Hall–Kier alpha value is -2.68. The first-order valence-electron chi connectivity index (χ1n) is 10.3. The molecular weight excluding hydrogens is 384 g/mol. The number of hydrogen-bond donors (Lipinski definition) is 1. The Kier molecular flexibility index (Phi) is 6.17. The van der Waals surface area contributed by atoms with E-state index in [0.717, 1.165) is 43.8 Å². The minimum Gasteiger partial charge on any atom is -0.383 e. The largest absolute Gasteiger partial charge is 0.383 e. The van der Waals surface area contributed by atoms with Gasteiger partial charge in [0, 0.05) is 69.4 Å². The highest BCUT2D eigenvalue weighted by atomic mass is 16.5. The van der Waals surface area contributed by atoms with E-state index in [1.807, 2.05) is 35.9 Å². The summed E-state index contributed by atoms with van der Waals surface area (Å²) in [6, 6.07) is 7.79. The van der Waals surface area contributed by atoms with Gasteiger partial charge in [0.15, 0.2) is 0 Å². The Labute approximate surface area is 175 Å². The second-order valence-corrected chi connectivity index (χ2v) is 7.54. The molecule has 0 radical (unpaired) electrons. The topological polar surface area (TPSA) is 77.7 Å². The first-order valence-corrected chi connectivity index (χ1v) is 10.3. The standard InChI is InChI=1S/C22H28N4O4/c1-24-18-6-4-3-5-16(18)19-17(15-26(11-12-29-2)22(28)20(19)24)21(27)23-7-8-25-9-13-30-14-10-25/h3-6,15H,7-14H2,1-2H3,(H,23,27). The van der Waals surface area contributed by atoms with Crippen LogP contribution in [0.4, 0.5) is 0 Å². The summed E-state index contributed by atoms with van der Waals surface area (Å²) in [5.41, 5.74) is 1.86. The number of fused-ring (bicyclic) bond motifs is 3. The molecule has 0 spiro atoms. The molecule has 2 aromatic heterocycles. The van der Waals surface area contributed by atoms with E-state index in [1.54, 1.807) is 17.9 Å². The van der Waals surface area contributed by atoms with Crippen molar-refractivity contribution in [1.82, 2.24) is 19.4 Å². The van der Waals surface area contributed by atoms with E-state index >= 15 is 0 Å². The van der Waals surface area contributed by atoms with Gasteiger partial charge in [0.1, 0.15) is 5.52 Å². The average molecular weight is 412 g/mol. The normalized spacial score (nSPS) is 15.1. The van der Waals surface area contributed by atoms with Crippen LogP contribution in [0.1, 0.15) is 10.4 Å². The second-order valence-electron chi connectivity index (χ2n) is 7.54. The molecule has 30 heavy (non-hydrogen) atoms. The van der Waals surface area contributed by atoms with Crippen LogP contribution in [0.2, 0.25) is 0 Å². The minimum atomic E-state index is -0.171. The van der Waals surface area contributed by atoms with Crippen LogP contribution in [0, 0.1) is 0 Å². The molecule has 1 N–H and O–H groups in total. The Bertz CT molecular complexity index is 1110. The molecule has 0 aliphatic carbocycles. The van der Waals surface area contributed by atoms with Crippen molar-refractivity contribution in [3.05, 3.63) is 46.4 Å². The number of aryl methyl sites for hydroxylation is 1. The maximum atomic E-state index is 13.2. The summed E-state index contributed by atoms with van der Waals surface area (Å²) >= 11 is 0. The zero-order valence-corrected chi connectivity index (χ0v) is 17.5. The summed E-state index contributed by atoms with van der Waals surface area (Å²) in [5.74, 6) is -0.171. The second kappa shape index (κ2) is 8.99. The number of methoxy groups -OCH3 is 1. The molecule has 3 heterocycles. The van der Waals surface area contributed by atoms with Crippen molar-refractivity contribution in [2.75, 3.05) is 53.1 Å². The monoisotopic (exact) mass is 412 g/mol. The number of carbonyl (C=O) groups is 1. The Morgan fingerprint density at radius 2 is 1.97 bits per heavy atom. The van der Waals surface area contributed by atoms with Crippen molar-refractivity contribution >= 4 is 27.7 Å². The lowest BCUT2D eigenvalue weighted by Crippen LogP contribution is -2.41. The number of nitrogens with one attached hydrogen (secondary N) is 1. The first-order chi connectivity index (χ1) is 14.6. The van der Waals surface area contributed by atoms with Crippen molar-refractivity contribution in [3.63, 3.8) is 0 Å². The molecule has 1 aliphatic rings. The summed E-state index contributed by atoms with van der Waals surface area (Å²) in [7, 11) is 3.46. The fourth-order valence-corrected chi connectivity index (χ4v) is 4.11. The number of nitrogens with zero attached hydrogens (tertiary/aromatic N) is 3. The Morgan fingerprint density at radius 3 is 2.73 bits per heavy atom. The van der Waals surface area contributed by atoms with Gasteiger partial charge in [-0.3, -0.25) is 14.5 Å². The van der Waals surface area contributed by atoms with Gasteiger partial charge in [-0.25, -0.2) is 0 Å². The first kappa shape index (κ1) is 20.6. The Balaban J connectivity index is 1.71. The lowest BCUT2D eigenvalue weighted by Gasteiger charge is -2.26. The van der Waals surface area contributed by atoms with Crippen molar-refractivity contribution < 1.29 is 14.3 Å². The minimum absolute atomic E-state index is 0.120. The smallest absolute Gasteiger partial charge is 0.275 e. The predicted octanol–water partition coefficient (Wildman–Crippen LogP) is 1.20. The molecule has 8 heteroatoms. The molecular formula is C22H28N4O4. The lowest BCUT2D eigenvalue weighted by atomic mass is 10.1. The maximum Gasteiger partial charge on any atom is 0.275 e. The van der Waals surface area contributed by atoms with Crippen LogP contribution in [-0.2, 0) is 23.1 Å². The summed E-state index contributed by atoms with van der Waals surface area (Å²) in [6.07, 6.45) is 1.67. The number of rotatable bonds is 7. The van der Waals surface area contributed by atoms with E-state index < -0.39 is 0 Å². The van der Waals surface area contributed by atoms with Gasteiger partial charge in [-0.15, -0.1) is 0 Å². The lowest BCUT2D eigenvalue weighted by molar-refractivity contribution is 0.0383. The third-order valence-electron chi connectivity index (χ3n) is 5.72. The summed E-state index contributed by atoms with van der Waals surface area (Å²) in [5, 5.41) is 4.65. The molecule has 3 aromatic rings. The molecule has 0 atom stereocenters. The van der Waals surface area contributed by atoms with Crippen LogP contribution in [0.15, 0.2) is 35.3 Å². The maximum absolute atomic E-state index is 13.2. The number of morpholine rings is 1. The van der Waals surface area contributed by atoms with E-state index in [9.17, 15) is 9.59 Å². The molecule has 1 fully saturated rings. The number of pyridine rings is 1. The highest BCUT2D eigenvalue weighted by Crippen LogP contribution is 2.28. The van der Waals surface area contributed by atoms with Crippen molar-refractivity contribution in [3.8, 4) is 0 Å². The highest BCUT2D eigenvalue weighted by molar-refractivity contribution is 6.17. The van der Waals surface area contributed by atoms with Crippen LogP contribution in [0.5, 0.6) is 0 Å². The van der Waals surface area contributed by atoms with Crippen molar-refractivity contribution in [2.24, 2.45) is 7.05 Å². The van der Waals surface area contributed by atoms with Crippen LogP contribution in [0.25, 0.3) is 21.8 Å². The summed E-state index contributed by atoms with van der Waals surface area (Å²) in [4.78, 5) is 28.6. The third kappa shape index (κ3) is 3.86. The van der Waals surface area contributed by atoms with Crippen LogP contribution in [-0.4, -0.2) is 73.1 Å². The molecule has 4 rings (SSSR count). The molecule has 1 saturated heterocycles. The van der Waals surface area contributed by atoms with Gasteiger partial charge in [-0.2, -0.15) is 0 Å². The number of carbonyl (C=O) groups excluding carboxylic acids is 1. The number of ether oxygens (including phenoxy) is 2. The summed E-state index contributed by atoms with van der Waals surface area (Å²) in [6.45, 7) is 5.33. The molecule has 1 aliphatic heterocycles. The molecule has 1 aromatic carbocycles. The van der Waals surface area contributed by atoms with Gasteiger partial charge < -0.3 is 23.9 Å². The number of amides is 1. The average Bonchev–Trinajstić information content (AvgIpc) is 3.07. The molecule has 1 amide bonds. The van der Waals surface area contributed by atoms with Gasteiger partial charge in [-0.1, -0.05) is 18.2 Å².